The first-order valence-electron chi connectivity index (χ1n) is 9.36. The first kappa shape index (κ1) is 17.5. The zero-order chi connectivity index (χ0) is 18.3. The highest BCUT2D eigenvalue weighted by Gasteiger charge is 2.42. The van der Waals surface area contributed by atoms with E-state index in [1.807, 2.05) is 18.2 Å². The summed E-state index contributed by atoms with van der Waals surface area (Å²) >= 11 is 0. The normalized spacial score (nSPS) is 28.9. The minimum atomic E-state index is -0.584. The van der Waals surface area contributed by atoms with Gasteiger partial charge >= 0.3 is 0 Å². The molecule has 1 aromatic heterocycles. The third-order valence-electron chi connectivity index (χ3n) is 6.23. The second kappa shape index (κ2) is 6.99. The van der Waals surface area contributed by atoms with E-state index in [-0.39, 0.29) is 6.04 Å². The van der Waals surface area contributed by atoms with E-state index in [2.05, 4.69) is 22.5 Å². The number of fused-ring (bicyclic) bond motifs is 4. The lowest BCUT2D eigenvalue weighted by molar-refractivity contribution is -0.0447. The van der Waals surface area contributed by atoms with Crippen LogP contribution in [-0.4, -0.2) is 41.2 Å². The molecule has 0 saturated carbocycles. The van der Waals surface area contributed by atoms with Crippen molar-refractivity contribution in [2.75, 3.05) is 20.2 Å². The molecule has 5 nitrogen and oxygen atoms in total. The van der Waals surface area contributed by atoms with E-state index < -0.39 is 6.10 Å². The Morgan fingerprint density at radius 3 is 3.00 bits per heavy atom. The van der Waals surface area contributed by atoms with Crippen molar-refractivity contribution >= 4 is 10.9 Å². The van der Waals surface area contributed by atoms with Crippen LogP contribution in [-0.2, 0) is 6.54 Å². The van der Waals surface area contributed by atoms with Gasteiger partial charge in [-0.15, -0.1) is 6.58 Å². The largest absolute Gasteiger partial charge is 0.497 e. The third-order valence-corrected chi connectivity index (χ3v) is 6.23. The summed E-state index contributed by atoms with van der Waals surface area (Å²) in [5, 5.41) is 12.3. The number of aliphatic hydroxyl groups is 1. The number of ether oxygens (including phenoxy) is 1. The van der Waals surface area contributed by atoms with Crippen LogP contribution in [0.25, 0.3) is 10.9 Å². The van der Waals surface area contributed by atoms with Crippen LogP contribution in [0, 0.1) is 11.8 Å². The van der Waals surface area contributed by atoms with Crippen molar-refractivity contribution < 1.29 is 9.84 Å². The van der Waals surface area contributed by atoms with Crippen LogP contribution in [0.15, 0.2) is 37.1 Å². The highest BCUT2D eigenvalue weighted by Crippen LogP contribution is 2.43. The molecule has 3 aliphatic heterocycles. The summed E-state index contributed by atoms with van der Waals surface area (Å²) in [5.74, 6) is 1.91. The summed E-state index contributed by atoms with van der Waals surface area (Å²) in [6.07, 6.45) is 5.48. The Hall–Kier alpha value is -1.95. The zero-order valence-electron chi connectivity index (χ0n) is 15.3. The number of aromatic nitrogens is 1. The van der Waals surface area contributed by atoms with Crippen molar-refractivity contribution in [2.45, 2.75) is 31.5 Å². The van der Waals surface area contributed by atoms with Crippen LogP contribution in [0.3, 0.4) is 0 Å². The van der Waals surface area contributed by atoms with E-state index in [1.165, 1.54) is 6.42 Å². The maximum absolute atomic E-state index is 11.4. The summed E-state index contributed by atoms with van der Waals surface area (Å²) < 4.78 is 5.39. The van der Waals surface area contributed by atoms with Gasteiger partial charge in [-0.05, 0) is 60.5 Å². The van der Waals surface area contributed by atoms with Gasteiger partial charge in [-0.25, -0.2) is 0 Å². The first-order valence-corrected chi connectivity index (χ1v) is 9.36. The lowest BCUT2D eigenvalue weighted by Gasteiger charge is -2.50. The second-order valence-electron chi connectivity index (χ2n) is 7.48. The van der Waals surface area contributed by atoms with Gasteiger partial charge < -0.3 is 15.6 Å². The maximum atomic E-state index is 11.4. The van der Waals surface area contributed by atoms with Gasteiger partial charge in [0, 0.05) is 30.7 Å². The number of hydrogen-bond acceptors (Lipinski definition) is 5. The van der Waals surface area contributed by atoms with Gasteiger partial charge in [0.15, 0.2) is 0 Å². The predicted octanol–water partition coefficient (Wildman–Crippen LogP) is 2.63. The molecule has 2 aromatic rings. The number of methoxy groups -OCH3 is 1. The molecule has 0 aliphatic carbocycles. The van der Waals surface area contributed by atoms with E-state index in [9.17, 15) is 5.11 Å². The molecular formula is C21H27N3O2. The lowest BCUT2D eigenvalue weighted by Crippen LogP contribution is -2.55. The van der Waals surface area contributed by atoms with Crippen LogP contribution >= 0.6 is 0 Å². The molecule has 5 atom stereocenters. The predicted molar refractivity (Wildman–Crippen MR) is 103 cm³/mol. The summed E-state index contributed by atoms with van der Waals surface area (Å²) in [5.41, 5.74) is 8.66. The quantitative estimate of drug-likeness (QED) is 0.809. The molecular weight excluding hydrogens is 326 g/mol. The van der Waals surface area contributed by atoms with Crippen molar-refractivity contribution in [3.05, 3.63) is 48.2 Å². The number of piperidine rings is 3. The molecule has 5 rings (SSSR count). The summed E-state index contributed by atoms with van der Waals surface area (Å²) in [7, 11) is 1.65. The maximum Gasteiger partial charge on any atom is 0.119 e. The Morgan fingerprint density at radius 2 is 2.35 bits per heavy atom. The Bertz CT molecular complexity index is 817. The smallest absolute Gasteiger partial charge is 0.119 e. The molecule has 0 radical (unpaired) electrons. The van der Waals surface area contributed by atoms with Gasteiger partial charge in [0.2, 0.25) is 0 Å². The standard InChI is InChI=1S/C21H27N3O2/c1-3-13-12-24-7-6-14(13)8-19(24)21(25)20-15(10-22)11-23-18-5-4-16(26-2)9-17(18)20/h3-5,9,11,13-14,19,21,25H,1,6-8,10,12,22H2,2H3/t13-,14-,19-,21-/m0/s1. The van der Waals surface area contributed by atoms with Crippen LogP contribution in [0.4, 0.5) is 0 Å². The summed E-state index contributed by atoms with van der Waals surface area (Å²) in [6.45, 7) is 6.38. The molecule has 4 heterocycles. The Kier molecular flexibility index (Phi) is 4.69. The van der Waals surface area contributed by atoms with Gasteiger partial charge in [-0.3, -0.25) is 9.88 Å². The van der Waals surface area contributed by atoms with Crippen molar-refractivity contribution in [3.63, 3.8) is 0 Å². The second-order valence-corrected chi connectivity index (χ2v) is 7.48. The van der Waals surface area contributed by atoms with E-state index in [0.717, 1.165) is 47.3 Å². The summed E-state index contributed by atoms with van der Waals surface area (Å²) in [6, 6.07) is 5.91. The van der Waals surface area contributed by atoms with Crippen molar-refractivity contribution in [3.8, 4) is 5.75 Å². The van der Waals surface area contributed by atoms with Gasteiger partial charge in [0.25, 0.3) is 0 Å². The highest BCUT2D eigenvalue weighted by atomic mass is 16.5. The molecule has 5 heteroatoms. The van der Waals surface area contributed by atoms with Crippen molar-refractivity contribution in [1.82, 2.24) is 9.88 Å². The molecule has 138 valence electrons. The topological polar surface area (TPSA) is 71.6 Å². The number of hydrogen-bond donors (Lipinski definition) is 2. The number of pyridine rings is 1. The van der Waals surface area contributed by atoms with Crippen molar-refractivity contribution in [2.24, 2.45) is 17.6 Å². The first-order chi connectivity index (χ1) is 12.7. The molecule has 26 heavy (non-hydrogen) atoms. The fourth-order valence-corrected chi connectivity index (χ4v) is 4.77. The van der Waals surface area contributed by atoms with Gasteiger partial charge in [-0.2, -0.15) is 0 Å². The van der Waals surface area contributed by atoms with Gasteiger partial charge in [0.1, 0.15) is 5.75 Å². The number of aliphatic hydroxyl groups excluding tert-OH is 1. The van der Waals surface area contributed by atoms with Crippen LogP contribution in [0.1, 0.15) is 30.1 Å². The number of nitrogens with two attached hydrogens (primary N) is 1. The van der Waals surface area contributed by atoms with Crippen molar-refractivity contribution in [1.29, 1.82) is 0 Å². The average Bonchev–Trinajstić information content (AvgIpc) is 2.71. The molecule has 1 aromatic carbocycles. The fourth-order valence-electron chi connectivity index (χ4n) is 4.77. The van der Waals surface area contributed by atoms with Crippen LogP contribution in [0.2, 0.25) is 0 Å². The van der Waals surface area contributed by atoms with Gasteiger partial charge in [-0.1, -0.05) is 6.08 Å². The highest BCUT2D eigenvalue weighted by molar-refractivity contribution is 5.85. The van der Waals surface area contributed by atoms with E-state index in [1.54, 1.807) is 13.3 Å². The number of benzene rings is 1. The minimum absolute atomic E-state index is 0.118. The number of nitrogens with zero attached hydrogens (tertiary/aromatic N) is 2. The third kappa shape index (κ3) is 2.80. The van der Waals surface area contributed by atoms with E-state index in [0.29, 0.717) is 18.4 Å². The Morgan fingerprint density at radius 1 is 1.50 bits per heavy atom. The van der Waals surface area contributed by atoms with Crippen LogP contribution < -0.4 is 10.5 Å². The van der Waals surface area contributed by atoms with E-state index >= 15 is 0 Å². The molecule has 2 bridgehead atoms. The SMILES string of the molecule is C=C[C@H]1CN2CC[C@H]1C[C@H]2[C@H](O)c1c(CN)cnc2ccc(OC)cc12. The molecule has 3 fully saturated rings. The fraction of sp³-hybridized carbons (Fsp3) is 0.476. The zero-order valence-corrected chi connectivity index (χ0v) is 15.3. The molecule has 1 unspecified atom stereocenters. The monoisotopic (exact) mass is 353 g/mol. The van der Waals surface area contributed by atoms with E-state index in [4.69, 9.17) is 10.5 Å². The molecule has 0 spiro atoms. The molecule has 3 saturated heterocycles. The Balaban J connectivity index is 1.76. The minimum Gasteiger partial charge on any atom is -0.497 e. The molecule has 0 amide bonds. The number of rotatable bonds is 5. The van der Waals surface area contributed by atoms with Gasteiger partial charge in [0.05, 0.1) is 18.7 Å². The lowest BCUT2D eigenvalue weighted by atomic mass is 9.73. The molecule has 3 N–H and O–H groups in total. The molecule has 3 aliphatic rings. The Labute approximate surface area is 154 Å². The van der Waals surface area contributed by atoms with Crippen LogP contribution in [0.5, 0.6) is 5.75 Å². The average molecular weight is 353 g/mol. The summed E-state index contributed by atoms with van der Waals surface area (Å²) in [4.78, 5) is 6.94.